The lowest BCUT2D eigenvalue weighted by Crippen LogP contribution is -2.44. The number of nitrogens with zero attached hydrogens (tertiary/aromatic N) is 3. The summed E-state index contributed by atoms with van der Waals surface area (Å²) in [5.74, 6) is 2.01. The molecule has 0 radical (unpaired) electrons. The van der Waals surface area contributed by atoms with Gasteiger partial charge in [0.15, 0.2) is 5.82 Å². The van der Waals surface area contributed by atoms with E-state index in [0.717, 1.165) is 35.4 Å². The van der Waals surface area contributed by atoms with Crippen LogP contribution in [0.4, 0.5) is 0 Å². The molecule has 120 valence electrons. The minimum Gasteiger partial charge on any atom is -0.496 e. The fourth-order valence-corrected chi connectivity index (χ4v) is 2.92. The number of likely N-dealkylation sites (N-methyl/N-ethyl adjacent to an activating group) is 1. The molecule has 0 aliphatic carbocycles. The van der Waals surface area contributed by atoms with E-state index in [1.807, 2.05) is 18.2 Å². The number of hydrogen-bond donors (Lipinski definition) is 1. The standard InChI is InChI=1S/C14H17BrN4O2.ClH/c1-19-6-5-16-8-11(19)13-17-14(21-18-13)9-3-4-12(20-2)10(15)7-9;/h3-4,7,11,16H,5-6,8H2,1-2H3;1H. The predicted octanol–water partition coefficient (Wildman–Crippen LogP) is 2.51. The second-order valence-electron chi connectivity index (χ2n) is 5.01. The van der Waals surface area contributed by atoms with E-state index in [4.69, 9.17) is 9.26 Å². The Morgan fingerprint density at radius 2 is 2.27 bits per heavy atom. The van der Waals surface area contributed by atoms with E-state index in [0.29, 0.717) is 11.7 Å². The van der Waals surface area contributed by atoms with E-state index in [9.17, 15) is 0 Å². The zero-order valence-corrected chi connectivity index (χ0v) is 14.8. The van der Waals surface area contributed by atoms with Crippen molar-refractivity contribution in [2.75, 3.05) is 33.8 Å². The molecule has 6 nitrogen and oxygen atoms in total. The van der Waals surface area contributed by atoms with Crippen LogP contribution in [0.1, 0.15) is 11.9 Å². The summed E-state index contributed by atoms with van der Waals surface area (Å²) in [5, 5.41) is 7.47. The van der Waals surface area contributed by atoms with Gasteiger partial charge < -0.3 is 14.6 Å². The van der Waals surface area contributed by atoms with Gasteiger partial charge in [0.2, 0.25) is 0 Å². The highest BCUT2D eigenvalue weighted by Gasteiger charge is 2.25. The number of nitrogens with one attached hydrogen (secondary N) is 1. The number of rotatable bonds is 3. The van der Waals surface area contributed by atoms with Crippen LogP contribution in [0, 0.1) is 0 Å². The number of aromatic nitrogens is 2. The molecule has 0 amide bonds. The predicted molar refractivity (Wildman–Crippen MR) is 89.5 cm³/mol. The maximum absolute atomic E-state index is 5.40. The van der Waals surface area contributed by atoms with E-state index in [-0.39, 0.29) is 18.4 Å². The summed E-state index contributed by atoms with van der Waals surface area (Å²) in [6, 6.07) is 5.85. The molecule has 0 bridgehead atoms. The molecule has 8 heteroatoms. The van der Waals surface area contributed by atoms with Crippen molar-refractivity contribution in [3.8, 4) is 17.2 Å². The van der Waals surface area contributed by atoms with Crippen LogP contribution in [0.5, 0.6) is 5.75 Å². The van der Waals surface area contributed by atoms with E-state index in [1.54, 1.807) is 7.11 Å². The number of methoxy groups -OCH3 is 1. The van der Waals surface area contributed by atoms with Gasteiger partial charge in [-0.05, 0) is 41.2 Å². The van der Waals surface area contributed by atoms with Gasteiger partial charge in [-0.25, -0.2) is 0 Å². The molecular formula is C14H18BrClN4O2. The lowest BCUT2D eigenvalue weighted by Gasteiger charge is -2.30. The zero-order valence-electron chi connectivity index (χ0n) is 12.4. The van der Waals surface area contributed by atoms with Crippen molar-refractivity contribution >= 4 is 28.3 Å². The van der Waals surface area contributed by atoms with Crippen molar-refractivity contribution in [1.82, 2.24) is 20.4 Å². The van der Waals surface area contributed by atoms with Crippen LogP contribution in [0.3, 0.4) is 0 Å². The van der Waals surface area contributed by atoms with Gasteiger partial charge in [0.05, 0.1) is 17.6 Å². The Hall–Kier alpha value is -1.15. The van der Waals surface area contributed by atoms with Gasteiger partial charge in [0.25, 0.3) is 5.89 Å². The fraction of sp³-hybridized carbons (Fsp3) is 0.429. The number of ether oxygens (including phenoxy) is 1. The van der Waals surface area contributed by atoms with Crippen molar-refractivity contribution in [2.45, 2.75) is 6.04 Å². The Bertz CT molecular complexity index is 637. The van der Waals surface area contributed by atoms with E-state index in [2.05, 4.69) is 43.3 Å². The van der Waals surface area contributed by atoms with Crippen molar-refractivity contribution in [2.24, 2.45) is 0 Å². The quantitative estimate of drug-likeness (QED) is 0.870. The largest absolute Gasteiger partial charge is 0.496 e. The van der Waals surface area contributed by atoms with Gasteiger partial charge in [0.1, 0.15) is 5.75 Å². The molecular weight excluding hydrogens is 372 g/mol. The molecule has 22 heavy (non-hydrogen) atoms. The molecule has 1 saturated heterocycles. The average Bonchev–Trinajstić information content (AvgIpc) is 2.97. The summed E-state index contributed by atoms with van der Waals surface area (Å²) >= 11 is 3.46. The van der Waals surface area contributed by atoms with Crippen molar-refractivity contribution < 1.29 is 9.26 Å². The third kappa shape index (κ3) is 3.43. The Labute approximate surface area is 143 Å². The minimum atomic E-state index is 0. The first kappa shape index (κ1) is 17.2. The number of hydrogen-bond acceptors (Lipinski definition) is 6. The molecule has 3 rings (SSSR count). The van der Waals surface area contributed by atoms with Gasteiger partial charge in [0, 0.05) is 25.2 Å². The molecule has 1 aliphatic heterocycles. The van der Waals surface area contributed by atoms with Crippen LogP contribution < -0.4 is 10.1 Å². The van der Waals surface area contributed by atoms with Gasteiger partial charge in [-0.1, -0.05) is 5.16 Å². The van der Waals surface area contributed by atoms with Crippen LogP contribution in [-0.2, 0) is 0 Å². The van der Waals surface area contributed by atoms with Gasteiger partial charge in [-0.15, -0.1) is 12.4 Å². The molecule has 0 saturated carbocycles. The number of benzene rings is 1. The van der Waals surface area contributed by atoms with Crippen LogP contribution >= 0.6 is 28.3 Å². The van der Waals surface area contributed by atoms with Gasteiger partial charge in [-0.2, -0.15) is 4.98 Å². The summed E-state index contributed by atoms with van der Waals surface area (Å²) < 4.78 is 11.5. The highest BCUT2D eigenvalue weighted by Crippen LogP contribution is 2.30. The first-order chi connectivity index (χ1) is 10.2. The Balaban J connectivity index is 0.00000176. The normalized spacial score (nSPS) is 18.8. The number of piperazine rings is 1. The molecule has 1 atom stereocenters. The lowest BCUT2D eigenvalue weighted by molar-refractivity contribution is 0.190. The Kier molecular flexibility index (Phi) is 5.80. The van der Waals surface area contributed by atoms with Gasteiger partial charge >= 0.3 is 0 Å². The minimum absolute atomic E-state index is 0. The maximum Gasteiger partial charge on any atom is 0.258 e. The average molecular weight is 390 g/mol. The SMILES string of the molecule is COc1ccc(-c2nc(C3CNCCN3C)no2)cc1Br.Cl. The molecule has 1 aromatic carbocycles. The Morgan fingerprint density at radius 3 is 2.95 bits per heavy atom. The summed E-state index contributed by atoms with van der Waals surface area (Å²) in [6.45, 7) is 2.80. The second kappa shape index (κ2) is 7.41. The van der Waals surface area contributed by atoms with Crippen molar-refractivity contribution in [3.05, 3.63) is 28.5 Å². The third-order valence-electron chi connectivity index (χ3n) is 3.65. The molecule has 1 N–H and O–H groups in total. The molecule has 1 unspecified atom stereocenters. The smallest absolute Gasteiger partial charge is 0.258 e. The fourth-order valence-electron chi connectivity index (χ4n) is 2.38. The zero-order chi connectivity index (χ0) is 14.8. The molecule has 1 fully saturated rings. The molecule has 1 aliphatic rings. The summed E-state index contributed by atoms with van der Waals surface area (Å²) in [7, 11) is 3.71. The summed E-state index contributed by atoms with van der Waals surface area (Å²) in [6.07, 6.45) is 0. The summed E-state index contributed by atoms with van der Waals surface area (Å²) in [4.78, 5) is 6.76. The highest BCUT2D eigenvalue weighted by molar-refractivity contribution is 9.10. The topological polar surface area (TPSA) is 63.4 Å². The highest BCUT2D eigenvalue weighted by atomic mass is 79.9. The van der Waals surface area contributed by atoms with E-state index < -0.39 is 0 Å². The molecule has 0 spiro atoms. The first-order valence-corrected chi connectivity index (χ1v) is 7.57. The third-order valence-corrected chi connectivity index (χ3v) is 4.27. The first-order valence-electron chi connectivity index (χ1n) is 6.77. The van der Waals surface area contributed by atoms with Gasteiger partial charge in [-0.3, -0.25) is 4.90 Å². The van der Waals surface area contributed by atoms with Crippen LogP contribution in [0.25, 0.3) is 11.5 Å². The summed E-state index contributed by atoms with van der Waals surface area (Å²) in [5.41, 5.74) is 0.868. The van der Waals surface area contributed by atoms with E-state index >= 15 is 0 Å². The van der Waals surface area contributed by atoms with Crippen LogP contribution in [0.2, 0.25) is 0 Å². The molecule has 2 aromatic rings. The Morgan fingerprint density at radius 1 is 1.45 bits per heavy atom. The monoisotopic (exact) mass is 388 g/mol. The van der Waals surface area contributed by atoms with Crippen molar-refractivity contribution in [3.63, 3.8) is 0 Å². The molecule has 2 heterocycles. The molecule has 1 aromatic heterocycles. The lowest BCUT2D eigenvalue weighted by atomic mass is 10.2. The van der Waals surface area contributed by atoms with Crippen LogP contribution in [0.15, 0.2) is 27.2 Å². The maximum atomic E-state index is 5.40. The van der Waals surface area contributed by atoms with Crippen LogP contribution in [-0.4, -0.2) is 48.8 Å². The number of halogens is 2. The second-order valence-corrected chi connectivity index (χ2v) is 5.86. The van der Waals surface area contributed by atoms with E-state index in [1.165, 1.54) is 0 Å². The van der Waals surface area contributed by atoms with Crippen molar-refractivity contribution in [1.29, 1.82) is 0 Å².